The van der Waals surface area contributed by atoms with Gasteiger partial charge >= 0.3 is 86.9 Å². The Morgan fingerprint density at radius 2 is 0.758 bits per heavy atom. The van der Waals surface area contributed by atoms with Crippen LogP contribution in [0.25, 0.3) is 0 Å². The van der Waals surface area contributed by atoms with Crippen molar-refractivity contribution in [3.05, 3.63) is 0 Å². The molecule has 0 spiro atoms. The van der Waals surface area contributed by atoms with E-state index in [1.54, 1.807) is 0 Å². The van der Waals surface area contributed by atoms with Crippen molar-refractivity contribution in [2.45, 2.75) is 126 Å². The van der Waals surface area contributed by atoms with Crippen LogP contribution in [0.3, 0.4) is 0 Å². The number of hydrogen-bond acceptors (Lipinski definition) is 5. The Labute approximate surface area is 269 Å². The Balaban J connectivity index is -0.0000000792. The number of carboxylic acid groups (broad SMARTS) is 3. The summed E-state index contributed by atoms with van der Waals surface area (Å²) < 4.78 is 0. The van der Waals surface area contributed by atoms with Crippen LogP contribution in [-0.2, 0) is 14.4 Å². The second kappa shape index (κ2) is 35.2. The third-order valence-corrected chi connectivity index (χ3v) is 4.84. The molecule has 0 saturated heterocycles. The standard InChI is InChI=1S/3C8H16O2.CH4.K.Na/c3*1-3-5-7(6-4-2)8(9)10;;;/h3*7H,3-6H2,1-2H3,(H,9,10);1H4;;/q;;;;2*+1/p-2. The summed E-state index contributed by atoms with van der Waals surface area (Å²) in [6.45, 7) is 12.0. The molecule has 0 fully saturated rings. The monoisotopic (exact) mass is 508 g/mol. The zero-order valence-electron chi connectivity index (χ0n) is 22.2. The van der Waals surface area contributed by atoms with Crippen LogP contribution in [-0.4, -0.2) is 23.0 Å². The Bertz CT molecular complexity index is 355. The predicted octanol–water partition coefficient (Wildman–Crippen LogP) is -1.16. The average molecular weight is 509 g/mol. The molecule has 0 bridgehead atoms. The van der Waals surface area contributed by atoms with Gasteiger partial charge in [0.1, 0.15) is 0 Å². The van der Waals surface area contributed by atoms with Crippen LogP contribution < -0.4 is 91.2 Å². The van der Waals surface area contributed by atoms with Crippen LogP contribution >= 0.6 is 0 Å². The third kappa shape index (κ3) is 33.0. The van der Waals surface area contributed by atoms with Crippen LogP contribution in [0.2, 0.25) is 0 Å². The van der Waals surface area contributed by atoms with Crippen LogP contribution in [0.1, 0.15) is 126 Å². The normalized spacial score (nSPS) is 9.36. The zero-order valence-corrected chi connectivity index (χ0v) is 27.3. The molecular weight excluding hydrogens is 458 g/mol. The Morgan fingerprint density at radius 3 is 0.879 bits per heavy atom. The first kappa shape index (κ1) is 47.3. The van der Waals surface area contributed by atoms with Crippen molar-refractivity contribution in [1.29, 1.82) is 0 Å². The Kier molecular flexibility index (Phi) is 50.4. The van der Waals surface area contributed by atoms with Crippen molar-refractivity contribution in [2.24, 2.45) is 17.8 Å². The van der Waals surface area contributed by atoms with Gasteiger partial charge in [-0.25, -0.2) is 0 Å². The van der Waals surface area contributed by atoms with Crippen LogP contribution in [0.4, 0.5) is 0 Å². The van der Waals surface area contributed by atoms with Gasteiger partial charge in [0.25, 0.3) is 0 Å². The third-order valence-electron chi connectivity index (χ3n) is 4.84. The largest absolute Gasteiger partial charge is 1.00 e. The molecule has 0 amide bonds. The summed E-state index contributed by atoms with van der Waals surface area (Å²) >= 11 is 0. The second-order valence-electron chi connectivity index (χ2n) is 7.80. The van der Waals surface area contributed by atoms with Gasteiger partial charge in [-0.05, 0) is 50.4 Å². The summed E-state index contributed by atoms with van der Waals surface area (Å²) in [6.07, 6.45) is 10.3. The molecule has 0 aromatic rings. The molecule has 0 unspecified atom stereocenters. The summed E-state index contributed by atoms with van der Waals surface area (Å²) in [4.78, 5) is 31.2. The molecule has 0 aromatic carbocycles. The molecule has 0 rings (SSSR count). The minimum Gasteiger partial charge on any atom is -0.550 e. The first-order valence-corrected chi connectivity index (χ1v) is 11.8. The molecular formula is C25H50KNaO6. The first-order valence-electron chi connectivity index (χ1n) is 11.8. The van der Waals surface area contributed by atoms with Gasteiger partial charge in [0.05, 0.1) is 5.92 Å². The Morgan fingerprint density at radius 1 is 0.576 bits per heavy atom. The molecule has 0 aromatic heterocycles. The fourth-order valence-corrected chi connectivity index (χ4v) is 3.24. The second-order valence-corrected chi connectivity index (χ2v) is 7.80. The van der Waals surface area contributed by atoms with Gasteiger partial charge in [0.15, 0.2) is 0 Å². The summed E-state index contributed by atoms with van der Waals surface area (Å²) in [6, 6.07) is 0. The van der Waals surface area contributed by atoms with E-state index in [-0.39, 0.29) is 106 Å². The van der Waals surface area contributed by atoms with Crippen molar-refractivity contribution in [3.63, 3.8) is 0 Å². The fourth-order valence-electron chi connectivity index (χ4n) is 3.24. The van der Waals surface area contributed by atoms with E-state index >= 15 is 0 Å². The molecule has 0 saturated carbocycles. The van der Waals surface area contributed by atoms with E-state index < -0.39 is 17.9 Å². The number of carbonyl (C=O) groups excluding carboxylic acids is 2. The van der Waals surface area contributed by atoms with Gasteiger partial charge in [0.2, 0.25) is 0 Å². The minimum atomic E-state index is -0.885. The topological polar surface area (TPSA) is 118 Å². The van der Waals surface area contributed by atoms with Crippen LogP contribution in [0, 0.1) is 17.8 Å². The van der Waals surface area contributed by atoms with Crippen molar-refractivity contribution in [2.75, 3.05) is 0 Å². The number of carboxylic acids is 3. The van der Waals surface area contributed by atoms with E-state index in [9.17, 15) is 24.6 Å². The van der Waals surface area contributed by atoms with Crippen molar-refractivity contribution in [1.82, 2.24) is 0 Å². The van der Waals surface area contributed by atoms with E-state index in [2.05, 4.69) is 0 Å². The zero-order chi connectivity index (χ0) is 23.9. The average Bonchev–Trinajstić information content (AvgIpc) is 2.68. The predicted molar refractivity (Wildman–Crippen MR) is 124 cm³/mol. The van der Waals surface area contributed by atoms with Gasteiger partial charge in [0, 0.05) is 11.9 Å². The van der Waals surface area contributed by atoms with E-state index in [0.29, 0.717) is 0 Å². The van der Waals surface area contributed by atoms with Gasteiger partial charge in [-0.15, -0.1) is 0 Å². The summed E-state index contributed by atoms with van der Waals surface area (Å²) in [7, 11) is 0. The van der Waals surface area contributed by atoms with Crippen molar-refractivity contribution in [3.8, 4) is 0 Å². The van der Waals surface area contributed by atoms with E-state index in [0.717, 1.165) is 77.0 Å². The quantitative estimate of drug-likeness (QED) is 0.279. The van der Waals surface area contributed by atoms with Crippen LogP contribution in [0.5, 0.6) is 0 Å². The van der Waals surface area contributed by atoms with Gasteiger partial charge < -0.3 is 24.9 Å². The van der Waals surface area contributed by atoms with Gasteiger partial charge in [-0.2, -0.15) is 0 Å². The van der Waals surface area contributed by atoms with E-state index in [4.69, 9.17) is 5.11 Å². The van der Waals surface area contributed by atoms with E-state index in [1.165, 1.54) is 0 Å². The van der Waals surface area contributed by atoms with Crippen LogP contribution in [0.15, 0.2) is 0 Å². The molecule has 0 aliphatic heterocycles. The molecule has 33 heavy (non-hydrogen) atoms. The number of carbonyl (C=O) groups is 3. The molecule has 6 nitrogen and oxygen atoms in total. The maximum Gasteiger partial charge on any atom is 1.00 e. The van der Waals surface area contributed by atoms with Crippen molar-refractivity contribution >= 4 is 17.9 Å². The molecule has 0 atom stereocenters. The fraction of sp³-hybridized carbons (Fsp3) is 0.880. The minimum absolute atomic E-state index is 0. The first-order chi connectivity index (χ1) is 14.2. The summed E-state index contributed by atoms with van der Waals surface area (Å²) in [5.74, 6) is -2.93. The number of rotatable bonds is 15. The molecule has 0 aliphatic rings. The summed E-state index contributed by atoms with van der Waals surface area (Å²) in [5.41, 5.74) is 0. The molecule has 8 heteroatoms. The summed E-state index contributed by atoms with van der Waals surface area (Å²) in [5, 5.41) is 29.4. The van der Waals surface area contributed by atoms with Crippen molar-refractivity contribution < 1.29 is 111 Å². The molecule has 0 aliphatic carbocycles. The van der Waals surface area contributed by atoms with Gasteiger partial charge in [-0.1, -0.05) is 87.5 Å². The van der Waals surface area contributed by atoms with Gasteiger partial charge in [-0.3, -0.25) is 4.79 Å². The molecule has 0 heterocycles. The maximum atomic E-state index is 10.5. The molecule has 188 valence electrons. The molecule has 0 radical (unpaired) electrons. The SMILES string of the molecule is C.CCCC(CCC)C(=O)O.CCCC(CCC)C(=O)[O-].CCCC(CCC)C(=O)[O-].[K+].[Na+]. The Hall–Kier alpha value is 1.05. The maximum absolute atomic E-state index is 10.5. The molecule has 1 N–H and O–H groups in total. The number of aliphatic carboxylic acids is 3. The smallest absolute Gasteiger partial charge is 0.550 e. The number of hydrogen-bond donors (Lipinski definition) is 1. The van der Waals surface area contributed by atoms with E-state index in [1.807, 2.05) is 41.5 Å².